The zero-order valence-electron chi connectivity index (χ0n) is 14.7. The quantitative estimate of drug-likeness (QED) is 0.679. The van der Waals surface area contributed by atoms with Gasteiger partial charge in [-0.2, -0.15) is 4.98 Å². The molecule has 1 aliphatic heterocycles. The van der Waals surface area contributed by atoms with Crippen LogP contribution in [0.25, 0.3) is 11.0 Å². The third-order valence-electron chi connectivity index (χ3n) is 4.80. The minimum absolute atomic E-state index is 0.0319. The highest BCUT2D eigenvalue weighted by Gasteiger charge is 2.31. The van der Waals surface area contributed by atoms with Crippen LogP contribution >= 0.6 is 11.6 Å². The average Bonchev–Trinajstić information content (AvgIpc) is 3.27. The van der Waals surface area contributed by atoms with E-state index in [1.165, 1.54) is 0 Å². The fraction of sp³-hybridized carbons (Fsp3) is 0.421. The van der Waals surface area contributed by atoms with Crippen LogP contribution in [0.4, 0.5) is 0 Å². The van der Waals surface area contributed by atoms with E-state index in [0.717, 1.165) is 19.4 Å². The van der Waals surface area contributed by atoms with Crippen molar-refractivity contribution in [3.8, 4) is 0 Å². The van der Waals surface area contributed by atoms with Gasteiger partial charge in [0.05, 0.1) is 17.7 Å². The summed E-state index contributed by atoms with van der Waals surface area (Å²) in [5.74, 6) is 1.56. The number of benzene rings is 1. The Balaban J connectivity index is 1.62. The van der Waals surface area contributed by atoms with Gasteiger partial charge in [0.25, 0.3) is 0 Å². The van der Waals surface area contributed by atoms with Gasteiger partial charge in [-0.1, -0.05) is 30.6 Å². The zero-order chi connectivity index (χ0) is 18.3. The molecule has 3 aromatic rings. The molecule has 1 aliphatic rings. The van der Waals surface area contributed by atoms with Gasteiger partial charge in [0.2, 0.25) is 5.89 Å². The summed E-state index contributed by atoms with van der Waals surface area (Å²) in [5.41, 5.74) is 1.10. The second-order valence-electron chi connectivity index (χ2n) is 7.00. The van der Waals surface area contributed by atoms with Gasteiger partial charge in [0.15, 0.2) is 11.3 Å². The Kier molecular flexibility index (Phi) is 4.54. The van der Waals surface area contributed by atoms with Crippen molar-refractivity contribution in [3.63, 3.8) is 0 Å². The van der Waals surface area contributed by atoms with Gasteiger partial charge in [-0.25, -0.2) is 0 Å². The number of hydrogen-bond donors (Lipinski definition) is 0. The van der Waals surface area contributed by atoms with Crippen LogP contribution in [0, 0.1) is 0 Å². The van der Waals surface area contributed by atoms with Crippen molar-refractivity contribution in [1.29, 1.82) is 0 Å². The van der Waals surface area contributed by atoms with Crippen LogP contribution in [0.3, 0.4) is 0 Å². The maximum Gasteiger partial charge on any atom is 0.244 e. The van der Waals surface area contributed by atoms with Crippen molar-refractivity contribution in [2.45, 2.75) is 45.2 Å². The first-order chi connectivity index (χ1) is 12.5. The number of halogens is 1. The molecule has 0 N–H and O–H groups in total. The molecule has 0 bridgehead atoms. The highest BCUT2D eigenvalue weighted by molar-refractivity contribution is 6.31. The summed E-state index contributed by atoms with van der Waals surface area (Å²) < 4.78 is 11.1. The van der Waals surface area contributed by atoms with E-state index in [2.05, 4.69) is 15.0 Å². The Hall–Kier alpha value is -2.18. The summed E-state index contributed by atoms with van der Waals surface area (Å²) in [5, 5.41) is 5.09. The molecule has 1 atom stereocenters. The molecular formula is C19H20ClN3O3. The monoisotopic (exact) mass is 373 g/mol. The lowest BCUT2D eigenvalue weighted by atomic mass is 10.1. The van der Waals surface area contributed by atoms with Crippen LogP contribution in [0.5, 0.6) is 0 Å². The first-order valence-corrected chi connectivity index (χ1v) is 9.18. The summed E-state index contributed by atoms with van der Waals surface area (Å²) in [6.07, 6.45) is 3.50. The number of nitrogens with zero attached hydrogens (tertiary/aromatic N) is 3. The lowest BCUT2D eigenvalue weighted by Gasteiger charge is -2.21. The maximum absolute atomic E-state index is 12.8. The third-order valence-corrected chi connectivity index (χ3v) is 5.04. The van der Waals surface area contributed by atoms with Gasteiger partial charge in [0, 0.05) is 23.0 Å². The molecular weight excluding hydrogens is 354 g/mol. The van der Waals surface area contributed by atoms with Gasteiger partial charge in [0.1, 0.15) is 5.58 Å². The van der Waals surface area contributed by atoms with Crippen molar-refractivity contribution in [1.82, 2.24) is 15.0 Å². The maximum atomic E-state index is 12.8. The van der Waals surface area contributed by atoms with Gasteiger partial charge < -0.3 is 8.94 Å². The standard InChI is InChI=1S/C19H20ClN3O3/c1-11(2)18-21-19(26-22-18)15-4-3-7-23(15)9-12-10-25-16-6-5-13(20)8-14(16)17(12)24/h5-6,8,10-11,15H,3-4,7,9H2,1-2H3. The van der Waals surface area contributed by atoms with Crippen molar-refractivity contribution >= 4 is 22.6 Å². The van der Waals surface area contributed by atoms with Gasteiger partial charge in [-0.3, -0.25) is 9.69 Å². The summed E-state index contributed by atoms with van der Waals surface area (Å²) in [6.45, 7) is 5.42. The van der Waals surface area contributed by atoms with E-state index in [1.807, 2.05) is 13.8 Å². The average molecular weight is 374 g/mol. The molecule has 0 aliphatic carbocycles. The number of rotatable bonds is 4. The number of fused-ring (bicyclic) bond motifs is 1. The lowest BCUT2D eigenvalue weighted by Crippen LogP contribution is -2.26. The smallest absolute Gasteiger partial charge is 0.244 e. The Morgan fingerprint density at radius 2 is 2.23 bits per heavy atom. The Labute approximate surface area is 155 Å². The fourth-order valence-electron chi connectivity index (χ4n) is 3.38. The fourth-order valence-corrected chi connectivity index (χ4v) is 3.56. The van der Waals surface area contributed by atoms with Gasteiger partial charge >= 0.3 is 0 Å². The molecule has 2 aromatic heterocycles. The number of hydrogen-bond acceptors (Lipinski definition) is 6. The molecule has 0 spiro atoms. The molecule has 1 saturated heterocycles. The molecule has 0 saturated carbocycles. The predicted molar refractivity (Wildman–Crippen MR) is 98.3 cm³/mol. The summed E-state index contributed by atoms with van der Waals surface area (Å²) in [7, 11) is 0. The van der Waals surface area contributed by atoms with Crippen LogP contribution in [-0.4, -0.2) is 21.6 Å². The van der Waals surface area contributed by atoms with E-state index in [-0.39, 0.29) is 17.4 Å². The zero-order valence-corrected chi connectivity index (χ0v) is 15.5. The summed E-state index contributed by atoms with van der Waals surface area (Å²) >= 11 is 6.03. The first-order valence-electron chi connectivity index (χ1n) is 8.80. The molecule has 7 heteroatoms. The van der Waals surface area contributed by atoms with Crippen molar-refractivity contribution in [2.24, 2.45) is 0 Å². The minimum Gasteiger partial charge on any atom is -0.464 e. The van der Waals surface area contributed by atoms with Crippen LogP contribution in [0.15, 0.2) is 38.2 Å². The molecule has 6 nitrogen and oxygen atoms in total. The van der Waals surface area contributed by atoms with Crippen molar-refractivity contribution in [3.05, 3.63) is 57.0 Å². The Morgan fingerprint density at radius 1 is 1.38 bits per heavy atom. The molecule has 26 heavy (non-hydrogen) atoms. The summed E-state index contributed by atoms with van der Waals surface area (Å²) in [4.78, 5) is 19.5. The Morgan fingerprint density at radius 3 is 3.00 bits per heavy atom. The van der Waals surface area contributed by atoms with Crippen LogP contribution in [0.2, 0.25) is 5.02 Å². The predicted octanol–water partition coefficient (Wildman–Crippen LogP) is 4.29. The third kappa shape index (κ3) is 3.15. The molecule has 136 valence electrons. The van der Waals surface area contributed by atoms with E-state index < -0.39 is 0 Å². The summed E-state index contributed by atoms with van der Waals surface area (Å²) in [6, 6.07) is 5.11. The van der Waals surface area contributed by atoms with E-state index >= 15 is 0 Å². The molecule has 1 aromatic carbocycles. The minimum atomic E-state index is -0.0483. The van der Waals surface area contributed by atoms with Crippen LogP contribution in [-0.2, 0) is 6.54 Å². The molecule has 0 amide bonds. The lowest BCUT2D eigenvalue weighted by molar-refractivity contribution is 0.199. The molecule has 1 unspecified atom stereocenters. The van der Waals surface area contributed by atoms with Crippen molar-refractivity contribution < 1.29 is 8.94 Å². The molecule has 0 radical (unpaired) electrons. The number of aromatic nitrogens is 2. The van der Waals surface area contributed by atoms with Crippen LogP contribution < -0.4 is 5.43 Å². The second kappa shape index (κ2) is 6.85. The highest BCUT2D eigenvalue weighted by atomic mass is 35.5. The molecule has 4 rings (SSSR count). The molecule has 3 heterocycles. The highest BCUT2D eigenvalue weighted by Crippen LogP contribution is 2.32. The first kappa shape index (κ1) is 17.2. The Bertz CT molecular complexity index is 995. The van der Waals surface area contributed by atoms with E-state index in [0.29, 0.717) is 39.8 Å². The second-order valence-corrected chi connectivity index (χ2v) is 7.44. The topological polar surface area (TPSA) is 72.4 Å². The van der Waals surface area contributed by atoms with Crippen LogP contribution in [0.1, 0.15) is 55.9 Å². The van der Waals surface area contributed by atoms with E-state index in [4.69, 9.17) is 20.5 Å². The normalized spacial score (nSPS) is 18.2. The van der Waals surface area contributed by atoms with Gasteiger partial charge in [-0.05, 0) is 37.6 Å². The van der Waals surface area contributed by atoms with E-state index in [1.54, 1.807) is 24.5 Å². The van der Waals surface area contributed by atoms with E-state index in [9.17, 15) is 4.79 Å². The number of likely N-dealkylation sites (tertiary alicyclic amines) is 1. The van der Waals surface area contributed by atoms with Crippen molar-refractivity contribution in [2.75, 3.05) is 6.54 Å². The SMILES string of the molecule is CC(C)c1noc(C2CCCN2Cc2coc3ccc(Cl)cc3c2=O)n1. The van der Waals surface area contributed by atoms with Gasteiger partial charge in [-0.15, -0.1) is 0 Å². The largest absolute Gasteiger partial charge is 0.464 e. The molecule has 1 fully saturated rings.